The molecule has 20 heavy (non-hydrogen) atoms. The van der Waals surface area contributed by atoms with Gasteiger partial charge in [0, 0.05) is 6.21 Å². The van der Waals surface area contributed by atoms with Gasteiger partial charge in [-0.1, -0.05) is 0 Å². The molecule has 0 aliphatic carbocycles. The molecule has 0 fully saturated rings. The van der Waals surface area contributed by atoms with Crippen molar-refractivity contribution in [2.75, 3.05) is 14.2 Å². The van der Waals surface area contributed by atoms with E-state index in [1.807, 2.05) is 36.4 Å². The van der Waals surface area contributed by atoms with E-state index in [2.05, 4.69) is 36.9 Å². The van der Waals surface area contributed by atoms with Gasteiger partial charge in [0.1, 0.15) is 11.5 Å². The molecule has 5 heteroatoms. The second-order valence-corrected chi connectivity index (χ2v) is 5.68. The molecule has 3 nitrogen and oxygen atoms in total. The molecule has 0 amide bonds. The Balaban J connectivity index is 2.22. The van der Waals surface area contributed by atoms with E-state index in [1.54, 1.807) is 20.4 Å². The van der Waals surface area contributed by atoms with E-state index in [0.29, 0.717) is 0 Å². The van der Waals surface area contributed by atoms with Gasteiger partial charge in [-0.15, -0.1) is 0 Å². The van der Waals surface area contributed by atoms with Gasteiger partial charge < -0.3 is 9.47 Å². The molecule has 2 aromatic rings. The van der Waals surface area contributed by atoms with Gasteiger partial charge in [-0.2, -0.15) is 0 Å². The first-order chi connectivity index (χ1) is 9.63. The summed E-state index contributed by atoms with van der Waals surface area (Å²) in [4.78, 5) is 4.43. The number of benzene rings is 2. The highest BCUT2D eigenvalue weighted by atomic mass is 79.9. The van der Waals surface area contributed by atoms with Gasteiger partial charge in [-0.05, 0) is 73.8 Å². The van der Waals surface area contributed by atoms with Crippen molar-refractivity contribution in [3.8, 4) is 11.5 Å². The van der Waals surface area contributed by atoms with Gasteiger partial charge >= 0.3 is 0 Å². The minimum absolute atomic E-state index is 0.770. The Hall–Kier alpha value is -1.33. The molecule has 0 heterocycles. The Morgan fingerprint density at radius 3 is 2.05 bits per heavy atom. The van der Waals surface area contributed by atoms with Gasteiger partial charge in [-0.3, -0.25) is 4.99 Å². The molecule has 0 aliphatic rings. The Bertz CT molecular complexity index is 601. The molecule has 2 aromatic carbocycles. The summed E-state index contributed by atoms with van der Waals surface area (Å²) in [5.41, 5.74) is 1.84. The predicted octanol–water partition coefficient (Wildman–Crippen LogP) is 4.98. The minimum Gasteiger partial charge on any atom is -0.497 e. The van der Waals surface area contributed by atoms with Crippen molar-refractivity contribution in [3.63, 3.8) is 0 Å². The van der Waals surface area contributed by atoms with Crippen LogP contribution < -0.4 is 9.47 Å². The molecular formula is C15H13Br2NO2. The summed E-state index contributed by atoms with van der Waals surface area (Å²) in [6, 6.07) is 11.5. The zero-order chi connectivity index (χ0) is 14.5. The molecule has 0 N–H and O–H groups in total. The Morgan fingerprint density at radius 1 is 0.950 bits per heavy atom. The zero-order valence-electron chi connectivity index (χ0n) is 11.1. The van der Waals surface area contributed by atoms with E-state index in [-0.39, 0.29) is 0 Å². The summed E-state index contributed by atoms with van der Waals surface area (Å²) in [6.07, 6.45) is 1.80. The van der Waals surface area contributed by atoms with Gasteiger partial charge in [0.05, 0.1) is 28.9 Å². The van der Waals surface area contributed by atoms with Crippen LogP contribution >= 0.6 is 31.9 Å². The van der Waals surface area contributed by atoms with Crippen molar-refractivity contribution in [2.24, 2.45) is 4.99 Å². The Morgan fingerprint density at radius 2 is 1.55 bits per heavy atom. The van der Waals surface area contributed by atoms with Crippen LogP contribution in [0.3, 0.4) is 0 Å². The molecule has 0 aliphatic heterocycles. The molecule has 0 bridgehead atoms. The number of ether oxygens (including phenoxy) is 2. The topological polar surface area (TPSA) is 30.8 Å². The second kappa shape index (κ2) is 6.90. The highest BCUT2D eigenvalue weighted by Crippen LogP contribution is 2.34. The van der Waals surface area contributed by atoms with Crippen molar-refractivity contribution in [2.45, 2.75) is 0 Å². The number of hydrogen-bond acceptors (Lipinski definition) is 3. The van der Waals surface area contributed by atoms with E-state index in [9.17, 15) is 0 Å². The lowest BCUT2D eigenvalue weighted by Crippen LogP contribution is -1.89. The highest BCUT2D eigenvalue weighted by Gasteiger charge is 2.06. The smallest absolute Gasteiger partial charge is 0.147 e. The van der Waals surface area contributed by atoms with Crippen molar-refractivity contribution in [3.05, 3.63) is 50.9 Å². The van der Waals surface area contributed by atoms with Crippen LogP contribution in [0.4, 0.5) is 5.69 Å². The van der Waals surface area contributed by atoms with Crippen LogP contribution in [0.15, 0.2) is 50.3 Å². The van der Waals surface area contributed by atoms with Crippen LogP contribution in [0.25, 0.3) is 0 Å². The lowest BCUT2D eigenvalue weighted by Gasteiger charge is -2.06. The number of aliphatic imine (C=N–C) groups is 1. The van der Waals surface area contributed by atoms with E-state index in [4.69, 9.17) is 9.47 Å². The quantitative estimate of drug-likeness (QED) is 0.680. The number of rotatable bonds is 4. The molecule has 0 aromatic heterocycles. The van der Waals surface area contributed by atoms with Crippen LogP contribution in [-0.4, -0.2) is 20.4 Å². The summed E-state index contributed by atoms with van der Waals surface area (Å²) < 4.78 is 12.1. The van der Waals surface area contributed by atoms with Gasteiger partial charge in [0.25, 0.3) is 0 Å². The second-order valence-electron chi connectivity index (χ2n) is 3.97. The number of methoxy groups -OCH3 is 2. The summed E-state index contributed by atoms with van der Waals surface area (Å²) in [7, 11) is 3.28. The van der Waals surface area contributed by atoms with Crippen LogP contribution in [0, 0.1) is 0 Å². The maximum absolute atomic E-state index is 5.27. The SMILES string of the molecule is COc1ccc(N=Cc2cc(Br)c(OC)c(Br)c2)cc1. The predicted molar refractivity (Wildman–Crippen MR) is 88.6 cm³/mol. The zero-order valence-corrected chi connectivity index (χ0v) is 14.2. The van der Waals surface area contributed by atoms with E-state index < -0.39 is 0 Å². The molecule has 0 spiro atoms. The number of halogens is 2. The maximum atomic E-state index is 5.27. The molecule has 0 saturated carbocycles. The summed E-state index contributed by atoms with van der Waals surface area (Å²) in [6.45, 7) is 0. The fraction of sp³-hybridized carbons (Fsp3) is 0.133. The molecule has 104 valence electrons. The van der Waals surface area contributed by atoms with Crippen LogP contribution in [0.5, 0.6) is 11.5 Å². The average Bonchev–Trinajstić information content (AvgIpc) is 2.45. The van der Waals surface area contributed by atoms with Gasteiger partial charge in [0.2, 0.25) is 0 Å². The van der Waals surface area contributed by atoms with Crippen LogP contribution in [0.2, 0.25) is 0 Å². The average molecular weight is 399 g/mol. The highest BCUT2D eigenvalue weighted by molar-refractivity contribution is 9.11. The largest absolute Gasteiger partial charge is 0.497 e. The summed E-state index contributed by atoms with van der Waals surface area (Å²) in [5.74, 6) is 1.59. The van der Waals surface area contributed by atoms with Crippen LogP contribution in [0.1, 0.15) is 5.56 Å². The fourth-order valence-corrected chi connectivity index (χ4v) is 3.21. The third kappa shape index (κ3) is 3.61. The third-order valence-corrected chi connectivity index (χ3v) is 3.84. The monoisotopic (exact) mass is 397 g/mol. The van der Waals surface area contributed by atoms with Crippen molar-refractivity contribution in [1.29, 1.82) is 0 Å². The number of nitrogens with zero attached hydrogens (tertiary/aromatic N) is 1. The minimum atomic E-state index is 0.770. The summed E-state index contributed by atoms with van der Waals surface area (Å²) >= 11 is 6.94. The molecule has 0 unspecified atom stereocenters. The molecule has 0 radical (unpaired) electrons. The molecule has 2 rings (SSSR count). The van der Waals surface area contributed by atoms with Crippen molar-refractivity contribution < 1.29 is 9.47 Å². The summed E-state index contributed by atoms with van der Waals surface area (Å²) in [5, 5.41) is 0. The van der Waals surface area contributed by atoms with Gasteiger partial charge in [0.15, 0.2) is 0 Å². The Kier molecular flexibility index (Phi) is 5.20. The normalized spacial score (nSPS) is 10.8. The molecule has 0 atom stereocenters. The lowest BCUT2D eigenvalue weighted by atomic mass is 10.2. The van der Waals surface area contributed by atoms with E-state index >= 15 is 0 Å². The first-order valence-corrected chi connectivity index (χ1v) is 7.44. The van der Waals surface area contributed by atoms with Gasteiger partial charge in [-0.25, -0.2) is 0 Å². The Labute approximate surface area is 134 Å². The first kappa shape index (κ1) is 15.1. The number of hydrogen-bond donors (Lipinski definition) is 0. The van der Waals surface area contributed by atoms with E-state index in [0.717, 1.165) is 31.7 Å². The lowest BCUT2D eigenvalue weighted by molar-refractivity contribution is 0.409. The molecule has 0 saturated heterocycles. The van der Waals surface area contributed by atoms with Crippen molar-refractivity contribution >= 4 is 43.8 Å². The third-order valence-electron chi connectivity index (χ3n) is 2.66. The maximum Gasteiger partial charge on any atom is 0.147 e. The molecular weight excluding hydrogens is 386 g/mol. The first-order valence-electron chi connectivity index (χ1n) is 5.85. The standard InChI is InChI=1S/C15H13Br2NO2/c1-19-12-5-3-11(4-6-12)18-9-10-7-13(16)15(20-2)14(17)8-10/h3-9H,1-2H3. The van der Waals surface area contributed by atoms with Crippen molar-refractivity contribution in [1.82, 2.24) is 0 Å². The fourth-order valence-electron chi connectivity index (χ4n) is 1.67. The van der Waals surface area contributed by atoms with E-state index in [1.165, 1.54) is 0 Å². The van der Waals surface area contributed by atoms with Crippen LogP contribution in [-0.2, 0) is 0 Å².